The number of rotatable bonds is 11. The standard InChI is InChI=1S/C44H49FN6O5/c45-35-28-40-41(46-29-35)50(38-6-3-5-34(27-38)32-9-7-31(8-10-32)30-49-21-4-24-55-25-22-49)44(54)51(43(40)53)37-15-13-36(14-16-37)47-42(52)33-11-17-39(18-12-33)56-26-23-48-19-1-2-20-48/h3,5-12,17-18,27-29,36-37H,1-2,4,13-16,19-26,30H2,(H,47,52)/t36-,37+. The van der Waals surface area contributed by atoms with Crippen molar-refractivity contribution in [1.29, 1.82) is 0 Å². The highest BCUT2D eigenvalue weighted by Gasteiger charge is 2.28. The van der Waals surface area contributed by atoms with Gasteiger partial charge < -0.3 is 14.8 Å². The van der Waals surface area contributed by atoms with Gasteiger partial charge in [-0.2, -0.15) is 0 Å². The molecule has 292 valence electrons. The van der Waals surface area contributed by atoms with Gasteiger partial charge in [-0.25, -0.2) is 18.7 Å². The van der Waals surface area contributed by atoms with Gasteiger partial charge in [-0.05, 0) is 117 Å². The van der Waals surface area contributed by atoms with E-state index in [1.807, 2.05) is 30.3 Å². The Balaban J connectivity index is 0.967. The van der Waals surface area contributed by atoms with Crippen LogP contribution in [-0.2, 0) is 11.3 Å². The molecule has 5 aromatic rings. The summed E-state index contributed by atoms with van der Waals surface area (Å²) in [5.74, 6) is -0.0922. The van der Waals surface area contributed by atoms with Crippen LogP contribution in [-0.4, -0.2) is 88.4 Å². The van der Waals surface area contributed by atoms with E-state index in [0.717, 1.165) is 88.0 Å². The molecule has 1 amide bonds. The number of nitrogens with zero attached hydrogens (tertiary/aromatic N) is 5. The first-order valence-electron chi connectivity index (χ1n) is 20.0. The van der Waals surface area contributed by atoms with Crippen LogP contribution in [0.25, 0.3) is 27.8 Å². The van der Waals surface area contributed by atoms with Crippen molar-refractivity contribution in [3.05, 3.63) is 123 Å². The Morgan fingerprint density at radius 2 is 1.61 bits per heavy atom. The maximum atomic E-state index is 14.6. The second-order valence-corrected chi connectivity index (χ2v) is 15.2. The van der Waals surface area contributed by atoms with Gasteiger partial charge in [-0.1, -0.05) is 36.4 Å². The number of pyridine rings is 1. The number of carbonyl (C=O) groups is 1. The van der Waals surface area contributed by atoms with Crippen molar-refractivity contribution < 1.29 is 18.7 Å². The van der Waals surface area contributed by atoms with Gasteiger partial charge in [0.1, 0.15) is 18.2 Å². The number of benzene rings is 3. The molecule has 0 radical (unpaired) electrons. The van der Waals surface area contributed by atoms with Crippen molar-refractivity contribution in [3.8, 4) is 22.6 Å². The molecule has 0 atom stereocenters. The minimum atomic E-state index is -0.652. The number of aromatic nitrogens is 3. The van der Waals surface area contributed by atoms with Gasteiger partial charge in [0.2, 0.25) is 0 Å². The lowest BCUT2D eigenvalue weighted by Crippen LogP contribution is -2.45. The van der Waals surface area contributed by atoms with Crippen LogP contribution >= 0.6 is 0 Å². The lowest BCUT2D eigenvalue weighted by atomic mass is 9.90. The SMILES string of the molecule is O=C(N[C@H]1CC[C@@H](n2c(=O)c3cc(F)cnc3n(-c3cccc(-c4ccc(CN5CCCOCC5)cc4)c3)c2=O)CC1)c1ccc(OCCN2CCCC2)cc1. The van der Waals surface area contributed by atoms with Crippen LogP contribution in [0, 0.1) is 5.82 Å². The second-order valence-electron chi connectivity index (χ2n) is 15.2. The molecule has 12 heteroatoms. The van der Waals surface area contributed by atoms with E-state index in [1.165, 1.54) is 27.5 Å². The summed E-state index contributed by atoms with van der Waals surface area (Å²) in [6.07, 6.45) is 6.70. The number of hydrogen-bond donors (Lipinski definition) is 1. The van der Waals surface area contributed by atoms with E-state index in [2.05, 4.69) is 44.4 Å². The molecule has 8 rings (SSSR count). The second kappa shape index (κ2) is 17.3. The van der Waals surface area contributed by atoms with Gasteiger partial charge in [0, 0.05) is 50.4 Å². The molecule has 3 aliphatic rings. The van der Waals surface area contributed by atoms with Gasteiger partial charge >= 0.3 is 5.69 Å². The van der Waals surface area contributed by atoms with Crippen LogP contribution in [0.4, 0.5) is 4.39 Å². The molecule has 4 heterocycles. The molecule has 1 N–H and O–H groups in total. The smallest absolute Gasteiger partial charge is 0.337 e. The topological polar surface area (TPSA) is 111 Å². The van der Waals surface area contributed by atoms with Crippen molar-refractivity contribution in [2.75, 3.05) is 52.5 Å². The fraction of sp³-hybridized carbons (Fsp3) is 0.409. The molecular formula is C44H49FN6O5. The first kappa shape index (κ1) is 37.7. The summed E-state index contributed by atoms with van der Waals surface area (Å²) in [4.78, 5) is 50.5. The van der Waals surface area contributed by atoms with Crippen LogP contribution in [0.3, 0.4) is 0 Å². The number of hydrogen-bond acceptors (Lipinski definition) is 8. The van der Waals surface area contributed by atoms with Crippen molar-refractivity contribution in [2.45, 2.75) is 63.6 Å². The third-order valence-electron chi connectivity index (χ3n) is 11.4. The quantitative estimate of drug-likeness (QED) is 0.176. The van der Waals surface area contributed by atoms with E-state index < -0.39 is 23.1 Å². The van der Waals surface area contributed by atoms with Crippen molar-refractivity contribution >= 4 is 16.9 Å². The predicted octanol–water partition coefficient (Wildman–Crippen LogP) is 5.96. The van der Waals surface area contributed by atoms with E-state index in [0.29, 0.717) is 43.5 Å². The van der Waals surface area contributed by atoms with E-state index in [4.69, 9.17) is 9.47 Å². The molecule has 1 aliphatic carbocycles. The average Bonchev–Trinajstić information content (AvgIpc) is 3.61. The highest BCUT2D eigenvalue weighted by molar-refractivity contribution is 5.94. The molecule has 0 unspecified atom stereocenters. The summed E-state index contributed by atoms with van der Waals surface area (Å²) < 4.78 is 28.8. The first-order chi connectivity index (χ1) is 27.4. The zero-order valence-electron chi connectivity index (χ0n) is 31.7. The minimum Gasteiger partial charge on any atom is -0.492 e. The van der Waals surface area contributed by atoms with E-state index >= 15 is 0 Å². The van der Waals surface area contributed by atoms with Crippen molar-refractivity contribution in [2.24, 2.45) is 0 Å². The number of ether oxygens (including phenoxy) is 2. The maximum absolute atomic E-state index is 14.6. The Morgan fingerprint density at radius 1 is 0.839 bits per heavy atom. The lowest BCUT2D eigenvalue weighted by Gasteiger charge is -2.30. The summed E-state index contributed by atoms with van der Waals surface area (Å²) in [6.45, 7) is 8.09. The number of nitrogens with one attached hydrogen (secondary N) is 1. The number of fused-ring (bicyclic) bond motifs is 1. The monoisotopic (exact) mass is 760 g/mol. The predicted molar refractivity (Wildman–Crippen MR) is 214 cm³/mol. The van der Waals surface area contributed by atoms with Gasteiger partial charge in [0.25, 0.3) is 11.5 Å². The van der Waals surface area contributed by atoms with Crippen LogP contribution in [0.1, 0.15) is 66.9 Å². The maximum Gasteiger partial charge on any atom is 0.337 e. The largest absolute Gasteiger partial charge is 0.492 e. The molecule has 3 aromatic carbocycles. The lowest BCUT2D eigenvalue weighted by molar-refractivity contribution is 0.0922. The summed E-state index contributed by atoms with van der Waals surface area (Å²) in [5, 5.41) is 3.17. The highest BCUT2D eigenvalue weighted by atomic mass is 19.1. The summed E-state index contributed by atoms with van der Waals surface area (Å²) >= 11 is 0. The molecular weight excluding hydrogens is 712 g/mol. The summed E-state index contributed by atoms with van der Waals surface area (Å²) in [5.41, 5.74) is 3.19. The van der Waals surface area contributed by atoms with Crippen molar-refractivity contribution in [1.82, 2.24) is 29.2 Å². The van der Waals surface area contributed by atoms with Crippen molar-refractivity contribution in [3.63, 3.8) is 0 Å². The van der Waals surface area contributed by atoms with E-state index in [1.54, 1.807) is 18.2 Å². The number of halogens is 1. The van der Waals surface area contributed by atoms with E-state index in [-0.39, 0.29) is 23.0 Å². The zero-order valence-corrected chi connectivity index (χ0v) is 31.7. The molecule has 56 heavy (non-hydrogen) atoms. The molecule has 2 aliphatic heterocycles. The Bertz CT molecular complexity index is 2250. The van der Waals surface area contributed by atoms with Crippen LogP contribution in [0.5, 0.6) is 5.75 Å². The number of amides is 1. The van der Waals surface area contributed by atoms with Gasteiger partial charge in [-0.15, -0.1) is 0 Å². The zero-order chi connectivity index (χ0) is 38.4. The summed E-state index contributed by atoms with van der Waals surface area (Å²) in [7, 11) is 0. The molecule has 1 saturated carbocycles. The molecule has 2 aromatic heterocycles. The average molecular weight is 761 g/mol. The van der Waals surface area contributed by atoms with Crippen LogP contribution in [0.15, 0.2) is 94.6 Å². The van der Waals surface area contributed by atoms with Crippen LogP contribution in [0.2, 0.25) is 0 Å². The highest BCUT2D eigenvalue weighted by Crippen LogP contribution is 2.29. The van der Waals surface area contributed by atoms with Gasteiger partial charge in [0.05, 0.1) is 23.9 Å². The Morgan fingerprint density at radius 3 is 2.39 bits per heavy atom. The van der Waals surface area contributed by atoms with Crippen LogP contribution < -0.4 is 21.3 Å². The number of likely N-dealkylation sites (tertiary alicyclic amines) is 1. The number of carbonyl (C=O) groups excluding carboxylic acids is 1. The normalized spacial score (nSPS) is 19.5. The fourth-order valence-electron chi connectivity index (χ4n) is 8.33. The van der Waals surface area contributed by atoms with Gasteiger partial charge in [-0.3, -0.25) is 24.0 Å². The molecule has 11 nitrogen and oxygen atoms in total. The van der Waals surface area contributed by atoms with Gasteiger partial charge in [0.15, 0.2) is 5.65 Å². The molecule has 0 bridgehead atoms. The summed E-state index contributed by atoms with van der Waals surface area (Å²) in [6, 6.07) is 23.8. The molecule has 2 saturated heterocycles. The Hall–Kier alpha value is -5.17. The molecule has 0 spiro atoms. The third-order valence-corrected chi connectivity index (χ3v) is 11.4. The van der Waals surface area contributed by atoms with E-state index in [9.17, 15) is 18.8 Å². The first-order valence-corrected chi connectivity index (χ1v) is 20.0. The third kappa shape index (κ3) is 8.62. The Kier molecular flexibility index (Phi) is 11.7. The fourth-order valence-corrected chi connectivity index (χ4v) is 8.33. The minimum absolute atomic E-state index is 0.0390. The Labute approximate surface area is 325 Å². The molecule has 3 fully saturated rings.